The molecule has 1 aromatic rings. The number of allylic oxidation sites excluding steroid dienone is 1. The van der Waals surface area contributed by atoms with Gasteiger partial charge in [-0.25, -0.2) is 18.4 Å². The zero-order valence-corrected chi connectivity index (χ0v) is 10.0. The molecule has 0 radical (unpaired) electrons. The second-order valence-corrected chi connectivity index (χ2v) is 5.31. The number of aryl methyl sites for hydroxylation is 1. The van der Waals surface area contributed by atoms with Crippen LogP contribution in [0.4, 0.5) is 0 Å². The number of aromatic nitrogens is 2. The molecule has 0 aromatic carbocycles. The first-order valence-electron chi connectivity index (χ1n) is 4.46. The van der Waals surface area contributed by atoms with Crippen LogP contribution in [0.3, 0.4) is 0 Å². The molecule has 1 aromatic heterocycles. The molecular weight excluding hydrogens is 226 g/mol. The molecule has 0 N–H and O–H groups in total. The normalized spacial score (nSPS) is 12.2. The molecule has 5 nitrogen and oxygen atoms in total. The Morgan fingerprint density at radius 1 is 1.56 bits per heavy atom. The molecule has 1 heterocycles. The van der Waals surface area contributed by atoms with Crippen molar-refractivity contribution in [1.29, 1.82) is 5.26 Å². The van der Waals surface area contributed by atoms with Gasteiger partial charge in [-0.2, -0.15) is 5.26 Å². The van der Waals surface area contributed by atoms with Gasteiger partial charge in [-0.15, -0.1) is 0 Å². The molecule has 0 unspecified atom stereocenters. The summed E-state index contributed by atoms with van der Waals surface area (Å²) in [5.41, 5.74) is 1.69. The van der Waals surface area contributed by atoms with Crippen molar-refractivity contribution in [1.82, 2.24) is 9.97 Å². The van der Waals surface area contributed by atoms with E-state index in [2.05, 4.69) is 9.97 Å². The van der Waals surface area contributed by atoms with Crippen LogP contribution in [-0.2, 0) is 9.84 Å². The molecule has 0 spiro atoms. The second-order valence-electron chi connectivity index (χ2n) is 3.40. The van der Waals surface area contributed by atoms with Gasteiger partial charge in [-0.1, -0.05) is 0 Å². The van der Waals surface area contributed by atoms with Crippen LogP contribution in [0.25, 0.3) is 6.08 Å². The highest BCUT2D eigenvalue weighted by molar-refractivity contribution is 7.90. The Morgan fingerprint density at radius 2 is 2.19 bits per heavy atom. The molecule has 0 aliphatic carbocycles. The molecule has 0 fully saturated rings. The number of rotatable bonds is 2. The predicted octanol–water partition coefficient (Wildman–Crippen LogP) is 1.12. The fourth-order valence-electron chi connectivity index (χ4n) is 1.04. The number of hydrogen-bond acceptors (Lipinski definition) is 5. The first-order valence-corrected chi connectivity index (χ1v) is 6.36. The smallest absolute Gasteiger partial charge is 0.226 e. The van der Waals surface area contributed by atoms with Crippen molar-refractivity contribution in [2.75, 3.05) is 6.26 Å². The van der Waals surface area contributed by atoms with Crippen LogP contribution < -0.4 is 0 Å². The maximum absolute atomic E-state index is 11.2. The van der Waals surface area contributed by atoms with Gasteiger partial charge >= 0.3 is 0 Å². The minimum atomic E-state index is -3.38. The van der Waals surface area contributed by atoms with Gasteiger partial charge in [0.2, 0.25) is 15.0 Å². The number of nitrogens with zero attached hydrogens (tertiary/aromatic N) is 3. The Hall–Kier alpha value is -1.74. The lowest BCUT2D eigenvalue weighted by Crippen LogP contribution is -2.05. The molecule has 1 rings (SSSR count). The van der Waals surface area contributed by atoms with E-state index >= 15 is 0 Å². The van der Waals surface area contributed by atoms with E-state index in [0.717, 1.165) is 6.26 Å². The summed E-state index contributed by atoms with van der Waals surface area (Å²) in [7, 11) is -3.38. The van der Waals surface area contributed by atoms with E-state index in [9.17, 15) is 8.42 Å². The Labute approximate surface area is 94.4 Å². The molecule has 84 valence electrons. The predicted molar refractivity (Wildman–Crippen MR) is 59.1 cm³/mol. The van der Waals surface area contributed by atoms with Gasteiger partial charge in [-0.05, 0) is 19.9 Å². The van der Waals surface area contributed by atoms with Crippen LogP contribution in [0.5, 0.6) is 0 Å². The molecule has 0 amide bonds. The van der Waals surface area contributed by atoms with E-state index in [4.69, 9.17) is 5.26 Å². The van der Waals surface area contributed by atoms with Crippen molar-refractivity contribution in [3.63, 3.8) is 0 Å². The summed E-state index contributed by atoms with van der Waals surface area (Å²) < 4.78 is 22.4. The van der Waals surface area contributed by atoms with Crippen LogP contribution >= 0.6 is 0 Å². The molecule has 16 heavy (non-hydrogen) atoms. The van der Waals surface area contributed by atoms with Gasteiger partial charge in [0.1, 0.15) is 0 Å². The Balaban J connectivity index is 3.27. The van der Waals surface area contributed by atoms with Crippen molar-refractivity contribution in [2.24, 2.45) is 0 Å². The number of hydrogen-bond donors (Lipinski definition) is 0. The van der Waals surface area contributed by atoms with Gasteiger partial charge in [0.05, 0.1) is 6.07 Å². The van der Waals surface area contributed by atoms with Crippen LogP contribution in [0, 0.1) is 18.3 Å². The standard InChI is InChI=1S/C10H11N3O2S/c1-7(5-11)4-9-6-12-10(13-8(9)2)16(3,14)15/h4,6H,1-3H3/b7-4+. The van der Waals surface area contributed by atoms with Crippen LogP contribution in [0.1, 0.15) is 18.2 Å². The molecule has 0 aliphatic heterocycles. The van der Waals surface area contributed by atoms with E-state index < -0.39 is 9.84 Å². The summed E-state index contributed by atoms with van der Waals surface area (Å²) in [6.45, 7) is 3.33. The van der Waals surface area contributed by atoms with Gasteiger partial charge in [0.25, 0.3) is 0 Å². The first-order chi connectivity index (χ1) is 7.34. The zero-order valence-electron chi connectivity index (χ0n) is 9.22. The summed E-state index contributed by atoms with van der Waals surface area (Å²) in [5, 5.41) is 8.42. The molecule has 0 atom stereocenters. The molecule has 6 heteroatoms. The SMILES string of the molecule is C/C(C#N)=C\c1cnc(S(C)(=O)=O)nc1C. The lowest BCUT2D eigenvalue weighted by molar-refractivity contribution is 0.592. The highest BCUT2D eigenvalue weighted by Gasteiger charge is 2.11. The summed E-state index contributed by atoms with van der Waals surface area (Å²) in [5.74, 6) is 0. The number of sulfone groups is 1. The summed E-state index contributed by atoms with van der Waals surface area (Å²) >= 11 is 0. The lowest BCUT2D eigenvalue weighted by atomic mass is 10.2. The van der Waals surface area contributed by atoms with Crippen molar-refractivity contribution in [3.05, 3.63) is 23.0 Å². The lowest BCUT2D eigenvalue weighted by Gasteiger charge is -2.01. The average Bonchev–Trinajstić information content (AvgIpc) is 2.19. The minimum absolute atomic E-state index is 0.197. The maximum Gasteiger partial charge on any atom is 0.247 e. The van der Waals surface area contributed by atoms with Crippen molar-refractivity contribution in [2.45, 2.75) is 19.0 Å². The van der Waals surface area contributed by atoms with Gasteiger partial charge in [-0.3, -0.25) is 0 Å². The monoisotopic (exact) mass is 237 g/mol. The third kappa shape index (κ3) is 2.87. The average molecular weight is 237 g/mol. The first kappa shape index (κ1) is 12.3. The summed E-state index contributed by atoms with van der Waals surface area (Å²) in [6.07, 6.45) is 4.07. The molecule has 0 saturated carbocycles. The van der Waals surface area contributed by atoms with Gasteiger partial charge in [0.15, 0.2) is 0 Å². The largest absolute Gasteiger partial charge is 0.247 e. The quantitative estimate of drug-likeness (QED) is 0.568. The Morgan fingerprint density at radius 3 is 2.62 bits per heavy atom. The highest BCUT2D eigenvalue weighted by atomic mass is 32.2. The molecule has 0 aliphatic rings. The van der Waals surface area contributed by atoms with E-state index in [1.807, 2.05) is 6.07 Å². The van der Waals surface area contributed by atoms with E-state index in [1.54, 1.807) is 19.9 Å². The second kappa shape index (κ2) is 4.41. The van der Waals surface area contributed by atoms with Crippen molar-refractivity contribution >= 4 is 15.9 Å². The van der Waals surface area contributed by atoms with Crippen LogP contribution in [0.15, 0.2) is 16.9 Å². The maximum atomic E-state index is 11.2. The summed E-state index contributed by atoms with van der Waals surface area (Å²) in [4.78, 5) is 7.62. The minimum Gasteiger partial charge on any atom is -0.226 e. The zero-order chi connectivity index (χ0) is 12.3. The molecule has 0 bridgehead atoms. The van der Waals surface area contributed by atoms with Crippen molar-refractivity contribution < 1.29 is 8.42 Å². The molecule has 0 saturated heterocycles. The van der Waals surface area contributed by atoms with Crippen molar-refractivity contribution in [3.8, 4) is 6.07 Å². The van der Waals surface area contributed by atoms with E-state index in [0.29, 0.717) is 16.8 Å². The highest BCUT2D eigenvalue weighted by Crippen LogP contribution is 2.11. The third-order valence-corrected chi connectivity index (χ3v) is 2.74. The van der Waals surface area contributed by atoms with E-state index in [-0.39, 0.29) is 5.16 Å². The fraction of sp³-hybridized carbons (Fsp3) is 0.300. The number of nitriles is 1. The fourth-order valence-corrected chi connectivity index (χ4v) is 1.59. The third-order valence-electron chi connectivity index (χ3n) is 1.88. The summed E-state index contributed by atoms with van der Waals surface area (Å²) in [6, 6.07) is 1.97. The van der Waals surface area contributed by atoms with E-state index in [1.165, 1.54) is 6.20 Å². The van der Waals surface area contributed by atoms with Gasteiger partial charge < -0.3 is 0 Å². The Kier molecular flexibility index (Phi) is 3.40. The Bertz CT molecular complexity index is 583. The van der Waals surface area contributed by atoms with Crippen LogP contribution in [0.2, 0.25) is 0 Å². The topological polar surface area (TPSA) is 83.7 Å². The molecular formula is C10H11N3O2S. The van der Waals surface area contributed by atoms with Gasteiger partial charge in [0, 0.05) is 29.3 Å². The van der Waals surface area contributed by atoms with Crippen LogP contribution in [-0.4, -0.2) is 24.6 Å².